The quantitative estimate of drug-likeness (QED) is 0.752. The van der Waals surface area contributed by atoms with E-state index in [1.165, 1.54) is 12.5 Å². The van der Waals surface area contributed by atoms with Crippen LogP contribution in [0.2, 0.25) is 0 Å². The molecule has 0 saturated carbocycles. The minimum Gasteiger partial charge on any atom is -0.298 e. The largest absolute Gasteiger partial charge is 0.298 e. The molecule has 24 heavy (non-hydrogen) atoms. The molecule has 126 valence electrons. The highest BCUT2D eigenvalue weighted by Gasteiger charge is 2.30. The Hall–Kier alpha value is -2.26. The van der Waals surface area contributed by atoms with E-state index in [1.54, 1.807) is 10.7 Å². The maximum Gasteiger partial charge on any atom is 0.178 e. The number of nitrogens with one attached hydrogen (secondary N) is 1. The van der Waals surface area contributed by atoms with E-state index >= 15 is 0 Å². The molecule has 0 radical (unpaired) electrons. The minimum atomic E-state index is -3.26. The first kappa shape index (κ1) is 15.3. The molecule has 0 aliphatic carbocycles. The highest BCUT2D eigenvalue weighted by atomic mass is 32.2. The first-order valence-electron chi connectivity index (χ1n) is 7.75. The average molecular weight is 346 g/mol. The van der Waals surface area contributed by atoms with Crippen molar-refractivity contribution in [1.29, 1.82) is 0 Å². The Morgan fingerprint density at radius 1 is 1.38 bits per heavy atom. The number of hydrogen-bond donors (Lipinski definition) is 1. The van der Waals surface area contributed by atoms with E-state index in [1.807, 2.05) is 18.5 Å². The van der Waals surface area contributed by atoms with Crippen LogP contribution in [0.4, 0.5) is 0 Å². The Kier molecular flexibility index (Phi) is 3.61. The third-order valence-corrected chi connectivity index (χ3v) is 5.58. The summed E-state index contributed by atoms with van der Waals surface area (Å²) in [6, 6.07) is 1.85. The maximum absolute atomic E-state index is 11.9. The molecule has 3 aromatic rings. The highest BCUT2D eigenvalue weighted by Crippen LogP contribution is 2.31. The topological polar surface area (TPSA) is 96.2 Å². The van der Waals surface area contributed by atoms with Gasteiger partial charge in [0, 0.05) is 43.2 Å². The van der Waals surface area contributed by atoms with Crippen molar-refractivity contribution >= 4 is 15.5 Å². The predicted molar refractivity (Wildman–Crippen MR) is 87.3 cm³/mol. The monoisotopic (exact) mass is 346 g/mol. The summed E-state index contributed by atoms with van der Waals surface area (Å²) in [6.45, 7) is 2.44. The zero-order chi connectivity index (χ0) is 16.7. The van der Waals surface area contributed by atoms with E-state index in [9.17, 15) is 8.42 Å². The van der Waals surface area contributed by atoms with Crippen LogP contribution in [0.15, 0.2) is 35.7 Å². The van der Waals surface area contributed by atoms with E-state index in [2.05, 4.69) is 25.2 Å². The molecule has 1 aliphatic rings. The van der Waals surface area contributed by atoms with Gasteiger partial charge in [-0.05, 0) is 19.0 Å². The van der Waals surface area contributed by atoms with Crippen LogP contribution in [0, 0.1) is 0 Å². The van der Waals surface area contributed by atoms with Gasteiger partial charge in [-0.1, -0.05) is 0 Å². The second kappa shape index (κ2) is 5.67. The van der Waals surface area contributed by atoms with Crippen LogP contribution in [0.1, 0.15) is 23.6 Å². The number of likely N-dealkylation sites (tertiary alicyclic amines) is 1. The van der Waals surface area contributed by atoms with E-state index in [-0.39, 0.29) is 5.92 Å². The molecule has 0 unspecified atom stereocenters. The smallest absolute Gasteiger partial charge is 0.178 e. The van der Waals surface area contributed by atoms with Crippen LogP contribution in [0.25, 0.3) is 5.65 Å². The summed E-state index contributed by atoms with van der Waals surface area (Å²) in [7, 11) is -3.26. The Balaban J connectivity index is 1.52. The van der Waals surface area contributed by atoms with Gasteiger partial charge in [-0.3, -0.25) is 10.00 Å². The molecule has 1 aliphatic heterocycles. The van der Waals surface area contributed by atoms with Gasteiger partial charge in [0.15, 0.2) is 15.5 Å². The van der Waals surface area contributed by atoms with Gasteiger partial charge in [0.05, 0.1) is 18.1 Å². The number of aromatic amines is 1. The van der Waals surface area contributed by atoms with Crippen LogP contribution >= 0.6 is 0 Å². The lowest BCUT2D eigenvalue weighted by atomic mass is 10.1. The normalized spacial score (nSPS) is 19.3. The number of hydrogen-bond acceptors (Lipinski definition) is 6. The Morgan fingerprint density at radius 2 is 2.25 bits per heavy atom. The maximum atomic E-state index is 11.9. The molecule has 1 N–H and O–H groups in total. The summed E-state index contributed by atoms with van der Waals surface area (Å²) < 4.78 is 25.5. The first-order valence-corrected chi connectivity index (χ1v) is 9.64. The number of sulfone groups is 1. The molecular weight excluding hydrogens is 328 g/mol. The number of rotatable bonds is 4. The fourth-order valence-corrected chi connectivity index (χ4v) is 4.17. The summed E-state index contributed by atoms with van der Waals surface area (Å²) in [5, 5.41) is 11.1. The summed E-state index contributed by atoms with van der Waals surface area (Å²) in [6.07, 6.45) is 9.00. The fraction of sp³-hybridized carbons (Fsp3) is 0.400. The van der Waals surface area contributed by atoms with Gasteiger partial charge in [0.2, 0.25) is 0 Å². The third kappa shape index (κ3) is 2.69. The zero-order valence-corrected chi connectivity index (χ0v) is 14.1. The van der Waals surface area contributed by atoms with Crippen molar-refractivity contribution in [3.05, 3.63) is 42.1 Å². The van der Waals surface area contributed by atoms with Crippen LogP contribution in [-0.4, -0.2) is 57.5 Å². The summed E-state index contributed by atoms with van der Waals surface area (Å²) in [5.74, 6) is 0.145. The molecule has 0 aromatic carbocycles. The molecule has 0 amide bonds. The lowest BCUT2D eigenvalue weighted by Crippen LogP contribution is -2.20. The molecule has 0 bridgehead atoms. The first-order chi connectivity index (χ1) is 11.5. The van der Waals surface area contributed by atoms with Gasteiger partial charge < -0.3 is 0 Å². The van der Waals surface area contributed by atoms with E-state index in [0.717, 1.165) is 43.0 Å². The highest BCUT2D eigenvalue weighted by molar-refractivity contribution is 7.90. The fourth-order valence-electron chi connectivity index (χ4n) is 3.31. The molecule has 1 saturated heterocycles. The average Bonchev–Trinajstić information content (AvgIpc) is 3.25. The van der Waals surface area contributed by atoms with Crippen molar-refractivity contribution in [1.82, 2.24) is 29.7 Å². The summed E-state index contributed by atoms with van der Waals surface area (Å²) in [5.41, 5.74) is 2.65. The number of aromatic nitrogens is 5. The van der Waals surface area contributed by atoms with E-state index in [4.69, 9.17) is 0 Å². The van der Waals surface area contributed by atoms with Gasteiger partial charge in [-0.25, -0.2) is 17.9 Å². The minimum absolute atomic E-state index is 0.145. The zero-order valence-electron chi connectivity index (χ0n) is 13.3. The van der Waals surface area contributed by atoms with Crippen LogP contribution in [0.3, 0.4) is 0 Å². The van der Waals surface area contributed by atoms with Gasteiger partial charge >= 0.3 is 0 Å². The van der Waals surface area contributed by atoms with Gasteiger partial charge in [0.1, 0.15) is 4.90 Å². The number of fused-ring (bicyclic) bond motifs is 1. The molecule has 1 fully saturated rings. The molecular formula is C15H18N6O2S. The Labute approximate surface area is 139 Å². The van der Waals surface area contributed by atoms with Crippen molar-refractivity contribution < 1.29 is 8.42 Å². The standard InChI is InChI=1S/C15H18N6O2S/c1-24(22,23)13-8-17-19-14(13)11-3-6-20(9-11)10-12-7-18-21-5-2-4-16-15(12)21/h2,4-5,7-8,11H,3,6,9-10H2,1H3,(H,17,19)/t11-/m1/s1. The number of H-pyrrole nitrogens is 1. The Bertz CT molecular complexity index is 977. The van der Waals surface area contributed by atoms with Crippen molar-refractivity contribution in [3.63, 3.8) is 0 Å². The Morgan fingerprint density at radius 3 is 3.08 bits per heavy atom. The third-order valence-electron chi connectivity index (χ3n) is 4.46. The lowest BCUT2D eigenvalue weighted by Gasteiger charge is -2.15. The van der Waals surface area contributed by atoms with Gasteiger partial charge in [-0.15, -0.1) is 0 Å². The van der Waals surface area contributed by atoms with Crippen molar-refractivity contribution in [3.8, 4) is 0 Å². The van der Waals surface area contributed by atoms with Crippen LogP contribution in [0.5, 0.6) is 0 Å². The van der Waals surface area contributed by atoms with Gasteiger partial charge in [0.25, 0.3) is 0 Å². The summed E-state index contributed by atoms with van der Waals surface area (Å²) in [4.78, 5) is 6.98. The second-order valence-electron chi connectivity index (χ2n) is 6.20. The van der Waals surface area contributed by atoms with Crippen LogP contribution < -0.4 is 0 Å². The number of nitrogens with zero attached hydrogens (tertiary/aromatic N) is 5. The SMILES string of the molecule is CS(=O)(=O)c1cn[nH]c1[C@@H]1CCN(Cc2cnn3cccnc23)C1. The van der Waals surface area contributed by atoms with E-state index in [0.29, 0.717) is 4.90 Å². The predicted octanol–water partition coefficient (Wildman–Crippen LogP) is 0.845. The lowest BCUT2D eigenvalue weighted by molar-refractivity contribution is 0.327. The van der Waals surface area contributed by atoms with Crippen molar-refractivity contribution in [2.75, 3.05) is 19.3 Å². The van der Waals surface area contributed by atoms with Gasteiger partial charge in [-0.2, -0.15) is 10.2 Å². The van der Waals surface area contributed by atoms with Crippen LogP contribution in [-0.2, 0) is 16.4 Å². The van der Waals surface area contributed by atoms with Crippen molar-refractivity contribution in [2.45, 2.75) is 23.8 Å². The molecule has 3 aromatic heterocycles. The molecule has 4 rings (SSSR count). The molecule has 1 atom stereocenters. The van der Waals surface area contributed by atoms with Crippen molar-refractivity contribution in [2.24, 2.45) is 0 Å². The molecule has 9 heteroatoms. The molecule has 4 heterocycles. The second-order valence-corrected chi connectivity index (χ2v) is 8.18. The molecule has 0 spiro atoms. The van der Waals surface area contributed by atoms with E-state index < -0.39 is 9.84 Å². The molecule has 8 nitrogen and oxygen atoms in total. The summed E-state index contributed by atoms with van der Waals surface area (Å²) >= 11 is 0.